The SMILES string of the molecule is CC(C)(C)[Si](C)(C)Oc1cc(C(=O)O)cc(Br)c1O[Si](C)(C)C(C)(C)C. The van der Waals surface area contributed by atoms with E-state index in [1.807, 2.05) is 0 Å². The van der Waals surface area contributed by atoms with Crippen molar-refractivity contribution in [2.45, 2.75) is 77.8 Å². The lowest BCUT2D eigenvalue weighted by molar-refractivity contribution is 0.0696. The molecule has 0 amide bonds. The summed E-state index contributed by atoms with van der Waals surface area (Å²) in [6, 6.07) is 3.18. The van der Waals surface area contributed by atoms with Gasteiger partial charge in [-0.25, -0.2) is 4.79 Å². The van der Waals surface area contributed by atoms with E-state index in [9.17, 15) is 9.90 Å². The maximum Gasteiger partial charge on any atom is 0.335 e. The van der Waals surface area contributed by atoms with Gasteiger partial charge in [0.2, 0.25) is 0 Å². The van der Waals surface area contributed by atoms with Crippen LogP contribution in [0.3, 0.4) is 0 Å². The smallest absolute Gasteiger partial charge is 0.335 e. The van der Waals surface area contributed by atoms with Crippen molar-refractivity contribution in [2.24, 2.45) is 0 Å². The molecule has 26 heavy (non-hydrogen) atoms. The van der Waals surface area contributed by atoms with Gasteiger partial charge in [0.25, 0.3) is 16.6 Å². The molecule has 0 aromatic heterocycles. The summed E-state index contributed by atoms with van der Waals surface area (Å²) >= 11 is 3.51. The van der Waals surface area contributed by atoms with Crippen LogP contribution in [0.1, 0.15) is 51.9 Å². The minimum absolute atomic E-state index is 0.00700. The molecule has 0 spiro atoms. The molecular weight excluding hydrogens is 428 g/mol. The van der Waals surface area contributed by atoms with Crippen molar-refractivity contribution in [3.8, 4) is 11.5 Å². The quantitative estimate of drug-likeness (QED) is 0.484. The van der Waals surface area contributed by atoms with Crippen molar-refractivity contribution >= 4 is 38.5 Å². The second-order valence-corrected chi connectivity index (χ2v) is 20.1. The number of carbonyl (C=O) groups is 1. The summed E-state index contributed by atoms with van der Waals surface area (Å²) in [4.78, 5) is 11.5. The Hall–Kier alpha value is -0.796. The first-order chi connectivity index (χ1) is 11.4. The summed E-state index contributed by atoms with van der Waals surface area (Å²) in [6.45, 7) is 21.6. The molecule has 4 nitrogen and oxygen atoms in total. The predicted octanol–water partition coefficient (Wildman–Crippen LogP) is 6.92. The lowest BCUT2D eigenvalue weighted by Gasteiger charge is -2.40. The van der Waals surface area contributed by atoms with Crippen LogP contribution in [0.4, 0.5) is 0 Å². The third kappa shape index (κ3) is 5.13. The molecule has 1 aromatic rings. The van der Waals surface area contributed by atoms with Gasteiger partial charge >= 0.3 is 5.97 Å². The van der Waals surface area contributed by atoms with Crippen molar-refractivity contribution in [3.05, 3.63) is 22.2 Å². The van der Waals surface area contributed by atoms with Crippen LogP contribution < -0.4 is 8.85 Å². The topological polar surface area (TPSA) is 55.8 Å². The molecular formula is C19H33BrO4Si2. The van der Waals surface area contributed by atoms with E-state index < -0.39 is 22.6 Å². The molecule has 0 unspecified atom stereocenters. The van der Waals surface area contributed by atoms with Gasteiger partial charge in [-0.05, 0) is 64.3 Å². The molecule has 1 N–H and O–H groups in total. The molecule has 0 fully saturated rings. The number of aromatic carboxylic acids is 1. The molecule has 0 atom stereocenters. The summed E-state index contributed by atoms with van der Waals surface area (Å²) in [5.41, 5.74) is 0.188. The highest BCUT2D eigenvalue weighted by Gasteiger charge is 2.42. The number of benzene rings is 1. The Morgan fingerprint density at radius 3 is 1.73 bits per heavy atom. The molecule has 1 rings (SSSR count). The zero-order chi connectivity index (χ0) is 20.7. The summed E-state index contributed by atoms with van der Waals surface area (Å²) < 4.78 is 13.6. The van der Waals surface area contributed by atoms with Gasteiger partial charge in [-0.15, -0.1) is 0 Å². The number of rotatable bonds is 5. The number of hydrogen-bond acceptors (Lipinski definition) is 3. The van der Waals surface area contributed by atoms with Crippen LogP contribution in [-0.2, 0) is 0 Å². The highest BCUT2D eigenvalue weighted by molar-refractivity contribution is 9.10. The summed E-state index contributed by atoms with van der Waals surface area (Å²) in [5, 5.41) is 9.46. The lowest BCUT2D eigenvalue weighted by Crippen LogP contribution is -2.46. The number of carboxylic acids is 1. The van der Waals surface area contributed by atoms with Crippen molar-refractivity contribution < 1.29 is 18.8 Å². The Labute approximate surface area is 168 Å². The largest absolute Gasteiger partial charge is 0.541 e. The molecule has 0 saturated carbocycles. The fourth-order valence-electron chi connectivity index (χ4n) is 1.70. The highest BCUT2D eigenvalue weighted by atomic mass is 79.9. The monoisotopic (exact) mass is 460 g/mol. The lowest BCUT2D eigenvalue weighted by atomic mass is 10.2. The molecule has 7 heteroatoms. The Morgan fingerprint density at radius 2 is 1.35 bits per heavy atom. The fraction of sp³-hybridized carbons (Fsp3) is 0.632. The minimum atomic E-state index is -2.16. The van der Waals surface area contributed by atoms with Gasteiger partial charge < -0.3 is 14.0 Å². The van der Waals surface area contributed by atoms with Crippen molar-refractivity contribution in [2.75, 3.05) is 0 Å². The Bertz CT molecular complexity index is 686. The van der Waals surface area contributed by atoms with Crippen LogP contribution in [0.2, 0.25) is 36.3 Å². The third-order valence-corrected chi connectivity index (χ3v) is 14.8. The first kappa shape index (κ1) is 23.2. The molecule has 0 heterocycles. The van der Waals surface area contributed by atoms with Gasteiger partial charge in [0, 0.05) is 0 Å². The molecule has 0 aliphatic heterocycles. The summed E-state index contributed by atoms with van der Waals surface area (Å²) in [6.07, 6.45) is 0. The van der Waals surface area contributed by atoms with Crippen LogP contribution in [0.15, 0.2) is 16.6 Å². The van der Waals surface area contributed by atoms with Gasteiger partial charge in [0.15, 0.2) is 5.75 Å². The molecule has 0 radical (unpaired) electrons. The van der Waals surface area contributed by atoms with Crippen molar-refractivity contribution in [3.63, 3.8) is 0 Å². The van der Waals surface area contributed by atoms with E-state index in [0.29, 0.717) is 16.0 Å². The van der Waals surface area contributed by atoms with E-state index in [2.05, 4.69) is 83.7 Å². The van der Waals surface area contributed by atoms with Gasteiger partial charge in [-0.3, -0.25) is 0 Å². The van der Waals surface area contributed by atoms with E-state index in [4.69, 9.17) is 8.85 Å². The van der Waals surface area contributed by atoms with E-state index in [0.717, 1.165) is 0 Å². The van der Waals surface area contributed by atoms with E-state index in [1.165, 1.54) is 0 Å². The van der Waals surface area contributed by atoms with Gasteiger partial charge in [0.05, 0.1) is 10.0 Å². The summed E-state index contributed by atoms with van der Waals surface area (Å²) in [7, 11) is -4.27. The van der Waals surface area contributed by atoms with Crippen LogP contribution in [-0.4, -0.2) is 27.7 Å². The first-order valence-corrected chi connectivity index (χ1v) is 15.4. The zero-order valence-electron chi connectivity index (χ0n) is 17.7. The summed E-state index contributed by atoms with van der Waals surface area (Å²) in [5.74, 6) is 0.157. The molecule has 0 saturated heterocycles. The van der Waals surface area contributed by atoms with Gasteiger partial charge in [-0.2, -0.15) is 0 Å². The van der Waals surface area contributed by atoms with Crippen molar-refractivity contribution in [1.82, 2.24) is 0 Å². The maximum atomic E-state index is 11.5. The minimum Gasteiger partial charge on any atom is -0.541 e. The van der Waals surface area contributed by atoms with E-state index >= 15 is 0 Å². The molecule has 0 aliphatic rings. The number of hydrogen-bond donors (Lipinski definition) is 1. The standard InChI is InChI=1S/C19H33BrO4Si2/c1-18(2,3)25(7,8)23-15-12-13(17(21)22)11-14(20)16(15)24-26(9,10)19(4,5)6/h11-12H,1-10H3,(H,21,22). The van der Waals surface area contributed by atoms with Gasteiger partial charge in [0.1, 0.15) is 5.75 Å². The Balaban J connectivity index is 3.53. The van der Waals surface area contributed by atoms with Gasteiger partial charge in [-0.1, -0.05) is 41.5 Å². The predicted molar refractivity (Wildman–Crippen MR) is 117 cm³/mol. The first-order valence-electron chi connectivity index (χ1n) is 8.84. The maximum absolute atomic E-state index is 11.5. The molecule has 148 valence electrons. The molecule has 1 aromatic carbocycles. The number of carboxylic acid groups (broad SMARTS) is 1. The second kappa shape index (κ2) is 7.32. The highest BCUT2D eigenvalue weighted by Crippen LogP contribution is 2.46. The average molecular weight is 462 g/mol. The second-order valence-electron chi connectivity index (χ2n) is 9.82. The molecule has 0 bridgehead atoms. The van der Waals surface area contributed by atoms with E-state index in [-0.39, 0.29) is 15.6 Å². The van der Waals surface area contributed by atoms with Crippen LogP contribution in [0, 0.1) is 0 Å². The van der Waals surface area contributed by atoms with E-state index in [1.54, 1.807) is 12.1 Å². The number of halogens is 1. The Kier molecular flexibility index (Phi) is 6.54. The van der Waals surface area contributed by atoms with Crippen molar-refractivity contribution in [1.29, 1.82) is 0 Å². The average Bonchev–Trinajstić information content (AvgIpc) is 2.39. The Morgan fingerprint density at radius 1 is 0.923 bits per heavy atom. The van der Waals surface area contributed by atoms with Crippen LogP contribution in [0.5, 0.6) is 11.5 Å². The molecule has 0 aliphatic carbocycles. The third-order valence-electron chi connectivity index (χ3n) is 5.59. The van der Waals surface area contributed by atoms with Crippen LogP contribution in [0.25, 0.3) is 0 Å². The fourth-order valence-corrected chi connectivity index (χ4v) is 4.41. The normalized spacial score (nSPS) is 13.5. The van der Waals surface area contributed by atoms with Crippen LogP contribution >= 0.6 is 15.9 Å². The zero-order valence-corrected chi connectivity index (χ0v) is 21.3.